The van der Waals surface area contributed by atoms with Gasteiger partial charge in [-0.2, -0.15) is 4.98 Å². The number of aryl methyl sites for hydroxylation is 1. The zero-order valence-corrected chi connectivity index (χ0v) is 17.1. The first kappa shape index (κ1) is 19.4. The fourth-order valence-electron chi connectivity index (χ4n) is 4.04. The molecule has 1 N–H and O–H groups in total. The van der Waals surface area contributed by atoms with Crippen molar-refractivity contribution >= 4 is 11.2 Å². The standard InChI is InChI=1S/C21H24N4O5/c1-12-23-18-15(19(24-12)27-10-13-7-5-4-6-8-13)22-11-25(18)20-17-16(14(9-26)28-20)29-21(2,3)30-17/h4-8,11,14,16-17,20,26H,9-10H2,1-3H3. The molecule has 5 rings (SSSR count). The molecule has 4 heterocycles. The first-order chi connectivity index (χ1) is 14.4. The number of ether oxygens (including phenoxy) is 4. The van der Waals surface area contributed by atoms with Crippen LogP contribution in [0.25, 0.3) is 11.2 Å². The number of hydrogen-bond acceptors (Lipinski definition) is 8. The molecule has 2 fully saturated rings. The van der Waals surface area contributed by atoms with Crippen molar-refractivity contribution in [2.45, 2.75) is 57.7 Å². The molecule has 9 heteroatoms. The van der Waals surface area contributed by atoms with E-state index in [9.17, 15) is 5.11 Å². The minimum atomic E-state index is -0.754. The van der Waals surface area contributed by atoms with Crippen LogP contribution in [0, 0.1) is 6.92 Å². The summed E-state index contributed by atoms with van der Waals surface area (Å²) in [6, 6.07) is 9.87. The van der Waals surface area contributed by atoms with Crippen molar-refractivity contribution in [3.63, 3.8) is 0 Å². The van der Waals surface area contributed by atoms with Gasteiger partial charge >= 0.3 is 0 Å². The number of hydrogen-bond donors (Lipinski definition) is 1. The summed E-state index contributed by atoms with van der Waals surface area (Å²) in [6.45, 7) is 5.72. The molecule has 4 atom stereocenters. The van der Waals surface area contributed by atoms with E-state index in [4.69, 9.17) is 18.9 Å². The van der Waals surface area contributed by atoms with Crippen molar-refractivity contribution in [2.24, 2.45) is 0 Å². The third-order valence-corrected chi connectivity index (χ3v) is 5.30. The lowest BCUT2D eigenvalue weighted by Gasteiger charge is -2.24. The van der Waals surface area contributed by atoms with Crippen LogP contribution in [0.15, 0.2) is 36.7 Å². The SMILES string of the molecule is Cc1nc(OCc2ccccc2)c2ncn(C3OC(CO)C4OC(C)(C)OC43)c2n1. The van der Waals surface area contributed by atoms with Crippen molar-refractivity contribution in [2.75, 3.05) is 6.61 Å². The van der Waals surface area contributed by atoms with Crippen LogP contribution >= 0.6 is 0 Å². The average molecular weight is 412 g/mol. The summed E-state index contributed by atoms with van der Waals surface area (Å²) >= 11 is 0. The summed E-state index contributed by atoms with van der Waals surface area (Å²) < 4.78 is 25.8. The number of nitrogens with zero attached hydrogens (tertiary/aromatic N) is 4. The van der Waals surface area contributed by atoms with Crippen LogP contribution in [0.1, 0.15) is 31.5 Å². The first-order valence-electron chi connectivity index (χ1n) is 9.95. The Labute approximate surface area is 173 Å². The molecule has 0 spiro atoms. The maximum Gasteiger partial charge on any atom is 0.246 e. The minimum Gasteiger partial charge on any atom is -0.471 e. The molecule has 0 saturated carbocycles. The van der Waals surface area contributed by atoms with Crippen molar-refractivity contribution in [1.82, 2.24) is 19.5 Å². The topological polar surface area (TPSA) is 101 Å². The van der Waals surface area contributed by atoms with E-state index in [2.05, 4.69) is 15.0 Å². The molecular weight excluding hydrogens is 388 g/mol. The quantitative estimate of drug-likeness (QED) is 0.680. The molecule has 158 valence electrons. The Morgan fingerprint density at radius 3 is 2.67 bits per heavy atom. The van der Waals surface area contributed by atoms with Gasteiger partial charge in [0.25, 0.3) is 0 Å². The largest absolute Gasteiger partial charge is 0.471 e. The lowest BCUT2D eigenvalue weighted by atomic mass is 10.1. The first-order valence-corrected chi connectivity index (χ1v) is 9.95. The van der Waals surface area contributed by atoms with E-state index in [0.717, 1.165) is 5.56 Å². The third-order valence-electron chi connectivity index (χ3n) is 5.30. The Balaban J connectivity index is 1.48. The second-order valence-corrected chi connectivity index (χ2v) is 7.99. The number of fused-ring (bicyclic) bond motifs is 2. The molecular formula is C21H24N4O5. The molecule has 2 aliphatic heterocycles. The molecule has 2 aromatic heterocycles. The van der Waals surface area contributed by atoms with Gasteiger partial charge in [-0.1, -0.05) is 30.3 Å². The monoisotopic (exact) mass is 412 g/mol. The average Bonchev–Trinajstić information content (AvgIpc) is 3.37. The van der Waals surface area contributed by atoms with Gasteiger partial charge in [0.1, 0.15) is 30.7 Å². The molecule has 0 aliphatic carbocycles. The molecule has 0 radical (unpaired) electrons. The zero-order chi connectivity index (χ0) is 20.9. The smallest absolute Gasteiger partial charge is 0.246 e. The van der Waals surface area contributed by atoms with Gasteiger partial charge in [0.05, 0.1) is 12.9 Å². The van der Waals surface area contributed by atoms with E-state index >= 15 is 0 Å². The summed E-state index contributed by atoms with van der Waals surface area (Å²) in [6.07, 6.45) is -0.140. The predicted molar refractivity (Wildman–Crippen MR) is 106 cm³/mol. The van der Waals surface area contributed by atoms with Gasteiger partial charge in [-0.25, -0.2) is 9.97 Å². The van der Waals surface area contributed by atoms with E-state index in [0.29, 0.717) is 29.5 Å². The van der Waals surface area contributed by atoms with Gasteiger partial charge in [0.15, 0.2) is 23.2 Å². The van der Waals surface area contributed by atoms with Gasteiger partial charge < -0.3 is 24.1 Å². The fraction of sp³-hybridized carbons (Fsp3) is 0.476. The van der Waals surface area contributed by atoms with Crippen molar-refractivity contribution in [1.29, 1.82) is 0 Å². The number of aromatic nitrogens is 4. The molecule has 4 unspecified atom stereocenters. The van der Waals surface area contributed by atoms with Gasteiger partial charge in [-0.05, 0) is 26.3 Å². The van der Waals surface area contributed by atoms with Crippen LogP contribution in [-0.2, 0) is 20.8 Å². The van der Waals surface area contributed by atoms with Crippen LogP contribution in [0.3, 0.4) is 0 Å². The number of benzene rings is 1. The normalized spacial score (nSPS) is 27.5. The fourth-order valence-corrected chi connectivity index (χ4v) is 4.04. The van der Waals surface area contributed by atoms with Crippen LogP contribution < -0.4 is 4.74 Å². The molecule has 1 aromatic carbocycles. The van der Waals surface area contributed by atoms with Gasteiger partial charge in [-0.15, -0.1) is 0 Å². The highest BCUT2D eigenvalue weighted by atomic mass is 16.8. The zero-order valence-electron chi connectivity index (χ0n) is 17.1. The molecule has 0 amide bonds. The van der Waals surface area contributed by atoms with Crippen LogP contribution in [-0.4, -0.2) is 55.3 Å². The molecule has 0 bridgehead atoms. The maximum absolute atomic E-state index is 9.75. The summed E-state index contributed by atoms with van der Waals surface area (Å²) in [4.78, 5) is 13.5. The summed E-state index contributed by atoms with van der Waals surface area (Å²) in [5.74, 6) is 0.220. The number of aliphatic hydroxyl groups excluding tert-OH is 1. The highest BCUT2D eigenvalue weighted by Crippen LogP contribution is 2.43. The lowest BCUT2D eigenvalue weighted by molar-refractivity contribution is -0.199. The Morgan fingerprint density at radius 2 is 1.90 bits per heavy atom. The Bertz CT molecular complexity index is 1050. The van der Waals surface area contributed by atoms with E-state index in [1.807, 2.05) is 44.2 Å². The highest BCUT2D eigenvalue weighted by molar-refractivity contribution is 5.76. The summed E-state index contributed by atoms with van der Waals surface area (Å²) in [7, 11) is 0. The Hall–Kier alpha value is -2.59. The van der Waals surface area contributed by atoms with E-state index in [1.54, 1.807) is 17.8 Å². The number of rotatable bonds is 5. The van der Waals surface area contributed by atoms with Crippen molar-refractivity contribution in [3.8, 4) is 5.88 Å². The predicted octanol–water partition coefficient (Wildman–Crippen LogP) is 2.12. The number of imidazole rings is 1. The van der Waals surface area contributed by atoms with Crippen LogP contribution in [0.4, 0.5) is 0 Å². The van der Waals surface area contributed by atoms with Crippen molar-refractivity contribution in [3.05, 3.63) is 48.0 Å². The number of aliphatic hydroxyl groups is 1. The Morgan fingerprint density at radius 1 is 1.13 bits per heavy atom. The van der Waals surface area contributed by atoms with Gasteiger partial charge in [0, 0.05) is 0 Å². The van der Waals surface area contributed by atoms with E-state index in [-0.39, 0.29) is 12.7 Å². The molecule has 30 heavy (non-hydrogen) atoms. The highest BCUT2D eigenvalue weighted by Gasteiger charge is 2.56. The minimum absolute atomic E-state index is 0.164. The molecule has 2 aliphatic rings. The van der Waals surface area contributed by atoms with Gasteiger partial charge in [-0.3, -0.25) is 4.57 Å². The second kappa shape index (κ2) is 7.28. The maximum atomic E-state index is 9.75. The molecule has 2 saturated heterocycles. The molecule has 9 nitrogen and oxygen atoms in total. The van der Waals surface area contributed by atoms with Crippen molar-refractivity contribution < 1.29 is 24.1 Å². The Kier molecular flexibility index (Phi) is 4.70. The van der Waals surface area contributed by atoms with Gasteiger partial charge in [0.2, 0.25) is 5.88 Å². The second-order valence-electron chi connectivity index (χ2n) is 7.99. The van der Waals surface area contributed by atoms with Crippen LogP contribution in [0.5, 0.6) is 5.88 Å². The van der Waals surface area contributed by atoms with E-state index in [1.165, 1.54) is 0 Å². The third kappa shape index (κ3) is 3.33. The van der Waals surface area contributed by atoms with Crippen LogP contribution in [0.2, 0.25) is 0 Å². The van der Waals surface area contributed by atoms with E-state index < -0.39 is 24.2 Å². The summed E-state index contributed by atoms with van der Waals surface area (Å²) in [5, 5.41) is 9.75. The molecule has 3 aromatic rings. The summed E-state index contributed by atoms with van der Waals surface area (Å²) in [5.41, 5.74) is 2.16. The lowest BCUT2D eigenvalue weighted by Crippen LogP contribution is -2.31.